The van der Waals surface area contributed by atoms with Crippen molar-refractivity contribution < 1.29 is 23.4 Å². The molecule has 2 atom stereocenters. The lowest BCUT2D eigenvalue weighted by Crippen LogP contribution is -2.43. The SMILES string of the molecule is Cl.Cl.Cl.NC1CC(Oc2ccc(F)cc2[C@H]2C[C@H](F)CN2c2ccn3ncc(C(=O)O)c3n2)C1. The summed E-state index contributed by atoms with van der Waals surface area (Å²) in [7, 11) is 0. The Labute approximate surface area is 212 Å². The van der Waals surface area contributed by atoms with Crippen molar-refractivity contribution in [2.75, 3.05) is 11.4 Å². The van der Waals surface area contributed by atoms with Crippen LogP contribution in [0.3, 0.4) is 0 Å². The van der Waals surface area contributed by atoms with Gasteiger partial charge in [0.05, 0.1) is 18.8 Å². The smallest absolute Gasteiger partial charge is 0.341 e. The Morgan fingerprint density at radius 3 is 2.59 bits per heavy atom. The standard InChI is InChI=1S/C21H21F2N5O3.3ClH/c22-11-1-2-18(31-14-7-13(24)8-14)15(5-11)17-6-12(23)10-27(17)19-3-4-28-20(26-19)16(9-25-28)21(29)30;;;/h1-5,9,12-14,17H,6-8,10,24H2,(H,29,30);3*1H/t12-,13?,14?,17+;;;/m0.../s1. The molecule has 3 aromatic rings. The van der Waals surface area contributed by atoms with Gasteiger partial charge in [-0.2, -0.15) is 5.10 Å². The van der Waals surface area contributed by atoms with Crippen LogP contribution in [0, 0.1) is 5.82 Å². The highest BCUT2D eigenvalue weighted by Crippen LogP contribution is 2.42. The van der Waals surface area contributed by atoms with Crippen LogP contribution in [0.4, 0.5) is 14.6 Å². The average Bonchev–Trinajstić information content (AvgIpc) is 3.31. The van der Waals surface area contributed by atoms with E-state index in [4.69, 9.17) is 10.5 Å². The van der Waals surface area contributed by atoms with Crippen molar-refractivity contribution >= 4 is 54.7 Å². The van der Waals surface area contributed by atoms with Gasteiger partial charge < -0.3 is 20.5 Å². The van der Waals surface area contributed by atoms with Crippen molar-refractivity contribution in [1.29, 1.82) is 0 Å². The monoisotopic (exact) mass is 537 g/mol. The fourth-order valence-electron chi connectivity index (χ4n) is 4.27. The van der Waals surface area contributed by atoms with E-state index >= 15 is 0 Å². The normalized spacial score (nSPS) is 23.3. The van der Waals surface area contributed by atoms with Gasteiger partial charge in [0.1, 0.15) is 35.2 Å². The van der Waals surface area contributed by atoms with Gasteiger partial charge in [0.25, 0.3) is 0 Å². The van der Waals surface area contributed by atoms with Crippen LogP contribution in [0.25, 0.3) is 5.65 Å². The molecule has 1 aromatic carbocycles. The summed E-state index contributed by atoms with van der Waals surface area (Å²) in [6.07, 6.45) is 3.17. The quantitative estimate of drug-likeness (QED) is 0.506. The second kappa shape index (κ2) is 10.9. The van der Waals surface area contributed by atoms with Crippen molar-refractivity contribution in [1.82, 2.24) is 14.6 Å². The molecule has 1 aliphatic carbocycles. The summed E-state index contributed by atoms with van der Waals surface area (Å²) in [4.78, 5) is 17.6. The Bertz CT molecular complexity index is 1160. The molecule has 34 heavy (non-hydrogen) atoms. The summed E-state index contributed by atoms with van der Waals surface area (Å²) < 4.78 is 36.1. The highest BCUT2D eigenvalue weighted by Gasteiger charge is 2.37. The number of alkyl halides is 1. The Morgan fingerprint density at radius 2 is 1.91 bits per heavy atom. The number of ether oxygens (including phenoxy) is 1. The van der Waals surface area contributed by atoms with Crippen LogP contribution >= 0.6 is 37.2 Å². The van der Waals surface area contributed by atoms with Crippen LogP contribution in [0.2, 0.25) is 0 Å². The zero-order chi connectivity index (χ0) is 21.7. The van der Waals surface area contributed by atoms with Crippen LogP contribution in [0.5, 0.6) is 5.75 Å². The molecular weight excluding hydrogens is 515 g/mol. The number of nitrogens with zero attached hydrogens (tertiary/aromatic N) is 4. The van der Waals surface area contributed by atoms with E-state index in [0.717, 1.165) is 0 Å². The van der Waals surface area contributed by atoms with E-state index in [-0.39, 0.29) is 73.5 Å². The first-order valence-corrected chi connectivity index (χ1v) is 10.1. The van der Waals surface area contributed by atoms with Gasteiger partial charge in [0.15, 0.2) is 5.65 Å². The third-order valence-electron chi connectivity index (χ3n) is 5.88. The van der Waals surface area contributed by atoms with Crippen LogP contribution in [0.15, 0.2) is 36.7 Å². The summed E-state index contributed by atoms with van der Waals surface area (Å²) in [5.41, 5.74) is 6.48. The topological polar surface area (TPSA) is 106 Å². The van der Waals surface area contributed by atoms with E-state index in [1.165, 1.54) is 22.8 Å². The molecule has 1 saturated heterocycles. The van der Waals surface area contributed by atoms with E-state index in [1.54, 1.807) is 23.2 Å². The Morgan fingerprint density at radius 1 is 1.18 bits per heavy atom. The largest absolute Gasteiger partial charge is 0.490 e. The van der Waals surface area contributed by atoms with Crippen LogP contribution in [-0.2, 0) is 0 Å². The number of aromatic carboxylic acids is 1. The zero-order valence-electron chi connectivity index (χ0n) is 17.7. The minimum absolute atomic E-state index is 0. The molecule has 13 heteroatoms. The molecule has 1 aliphatic heterocycles. The van der Waals surface area contributed by atoms with Gasteiger partial charge >= 0.3 is 5.97 Å². The predicted molar refractivity (Wildman–Crippen MR) is 129 cm³/mol. The van der Waals surface area contributed by atoms with E-state index in [2.05, 4.69) is 10.1 Å². The lowest BCUT2D eigenvalue weighted by Gasteiger charge is -2.34. The second-order valence-electron chi connectivity index (χ2n) is 8.07. The molecule has 0 unspecified atom stereocenters. The number of carboxylic acid groups (broad SMARTS) is 1. The number of anilines is 1. The number of nitrogens with two attached hydrogens (primary N) is 1. The number of carboxylic acids is 1. The van der Waals surface area contributed by atoms with Crippen LogP contribution in [-0.4, -0.2) is 50.5 Å². The summed E-state index contributed by atoms with van der Waals surface area (Å²) in [6, 6.07) is 5.47. The molecule has 1 saturated carbocycles. The lowest BCUT2D eigenvalue weighted by atomic mass is 9.90. The lowest BCUT2D eigenvalue weighted by molar-refractivity contribution is 0.0698. The molecule has 2 aliphatic rings. The number of aromatic nitrogens is 3. The molecule has 0 spiro atoms. The third kappa shape index (κ3) is 5.14. The maximum Gasteiger partial charge on any atom is 0.341 e. The number of hydrogen-bond donors (Lipinski definition) is 2. The van der Waals surface area contributed by atoms with Gasteiger partial charge in [-0.15, -0.1) is 37.2 Å². The maximum absolute atomic E-state index is 14.5. The van der Waals surface area contributed by atoms with Crippen LogP contribution in [0.1, 0.15) is 41.2 Å². The Hall–Kier alpha value is -2.40. The summed E-state index contributed by atoms with van der Waals surface area (Å²) in [5.74, 6) is -0.705. The van der Waals surface area contributed by atoms with Gasteiger partial charge in [0.2, 0.25) is 0 Å². The zero-order valence-corrected chi connectivity index (χ0v) is 20.2. The van der Waals surface area contributed by atoms with Crippen molar-refractivity contribution in [2.45, 2.75) is 43.6 Å². The van der Waals surface area contributed by atoms with Gasteiger partial charge in [0, 0.05) is 24.2 Å². The van der Waals surface area contributed by atoms with Gasteiger partial charge in [-0.25, -0.2) is 23.1 Å². The molecule has 0 amide bonds. The van der Waals surface area contributed by atoms with E-state index in [0.29, 0.717) is 30.0 Å². The molecule has 186 valence electrons. The molecule has 0 radical (unpaired) electrons. The minimum Gasteiger partial charge on any atom is -0.490 e. The van der Waals surface area contributed by atoms with Gasteiger partial charge in [-0.05, 0) is 37.1 Å². The first-order valence-electron chi connectivity index (χ1n) is 10.1. The number of carbonyl (C=O) groups is 1. The molecule has 5 rings (SSSR count). The number of halogens is 5. The molecule has 2 aromatic heterocycles. The maximum atomic E-state index is 14.5. The predicted octanol–water partition coefficient (Wildman–Crippen LogP) is 3.99. The number of hydrogen-bond acceptors (Lipinski definition) is 6. The van der Waals surface area contributed by atoms with Crippen molar-refractivity contribution in [3.8, 4) is 5.75 Å². The molecule has 3 N–H and O–H groups in total. The van der Waals surface area contributed by atoms with Crippen molar-refractivity contribution in [3.05, 3.63) is 53.6 Å². The third-order valence-corrected chi connectivity index (χ3v) is 5.88. The first kappa shape index (κ1) is 27.8. The number of benzene rings is 1. The average molecular weight is 539 g/mol. The highest BCUT2D eigenvalue weighted by atomic mass is 35.5. The van der Waals surface area contributed by atoms with Gasteiger partial charge in [-0.1, -0.05) is 0 Å². The fraction of sp³-hybridized carbons (Fsp3) is 0.381. The van der Waals surface area contributed by atoms with Gasteiger partial charge in [-0.3, -0.25) is 0 Å². The molecule has 3 heterocycles. The van der Waals surface area contributed by atoms with E-state index in [9.17, 15) is 18.7 Å². The van der Waals surface area contributed by atoms with Crippen molar-refractivity contribution in [3.63, 3.8) is 0 Å². The molecule has 0 bridgehead atoms. The second-order valence-corrected chi connectivity index (χ2v) is 8.07. The Kier molecular flexibility index (Phi) is 8.92. The number of fused-ring (bicyclic) bond motifs is 1. The fourth-order valence-corrected chi connectivity index (χ4v) is 4.27. The van der Waals surface area contributed by atoms with Crippen LogP contribution < -0.4 is 15.4 Å². The van der Waals surface area contributed by atoms with Crippen molar-refractivity contribution in [2.24, 2.45) is 5.73 Å². The molecular formula is C21H24Cl3F2N5O3. The van der Waals surface area contributed by atoms with E-state index < -0.39 is 24.0 Å². The summed E-state index contributed by atoms with van der Waals surface area (Å²) in [5, 5.41) is 13.3. The molecule has 2 fully saturated rings. The minimum atomic E-state index is -1.15. The summed E-state index contributed by atoms with van der Waals surface area (Å²) in [6.45, 7) is 0.0502. The van der Waals surface area contributed by atoms with E-state index in [1.807, 2.05) is 0 Å². The Balaban J connectivity index is 0.00000136. The first-order chi connectivity index (χ1) is 14.9. The number of rotatable bonds is 5. The molecule has 8 nitrogen and oxygen atoms in total. The highest BCUT2D eigenvalue weighted by molar-refractivity contribution is 5.94. The summed E-state index contributed by atoms with van der Waals surface area (Å²) >= 11 is 0.